The normalized spacial score (nSPS) is 16.5. The summed E-state index contributed by atoms with van der Waals surface area (Å²) in [5, 5.41) is -2.75. The number of carbonyl (C=O) groups is 2. The van der Waals surface area contributed by atoms with E-state index in [1.165, 1.54) is 0 Å². The van der Waals surface area contributed by atoms with Crippen molar-refractivity contribution in [1.29, 1.82) is 0 Å². The number of rotatable bonds is 5. The summed E-state index contributed by atoms with van der Waals surface area (Å²) >= 11 is 0. The molecule has 1 heterocycles. The first kappa shape index (κ1) is 26.5. The molecular formula is C13H6F14N2O2. The van der Waals surface area contributed by atoms with Gasteiger partial charge in [-0.25, -0.2) is 0 Å². The van der Waals surface area contributed by atoms with Gasteiger partial charge in [0.05, 0.1) is 0 Å². The predicted octanol–water partition coefficient (Wildman–Crippen LogP) is 4.66. The molecule has 0 atom stereocenters. The number of allylic oxidation sites excluding steroid dienone is 2. The summed E-state index contributed by atoms with van der Waals surface area (Å²) in [5.74, 6) is -37.2. The highest BCUT2D eigenvalue weighted by Gasteiger charge is 2.81. The molecule has 0 spiro atoms. The summed E-state index contributed by atoms with van der Waals surface area (Å²) in [6.07, 6.45) is -13.2. The molecule has 0 fully saturated rings. The predicted molar refractivity (Wildman–Crippen MR) is 68.5 cm³/mol. The van der Waals surface area contributed by atoms with E-state index >= 15 is 0 Å². The Labute approximate surface area is 161 Å². The minimum atomic E-state index is -7.35. The van der Waals surface area contributed by atoms with Crippen molar-refractivity contribution < 1.29 is 71.1 Å². The first-order valence-electron chi connectivity index (χ1n) is 7.20. The molecule has 0 radical (unpaired) electrons. The van der Waals surface area contributed by atoms with Crippen LogP contribution in [0.4, 0.5) is 61.5 Å². The second-order valence-corrected chi connectivity index (χ2v) is 5.60. The number of imide groups is 1. The van der Waals surface area contributed by atoms with Crippen LogP contribution in [0.5, 0.6) is 0 Å². The number of halogens is 14. The van der Waals surface area contributed by atoms with Gasteiger partial charge in [0.15, 0.2) is 0 Å². The van der Waals surface area contributed by atoms with Crippen LogP contribution in [-0.2, 0) is 9.59 Å². The summed E-state index contributed by atoms with van der Waals surface area (Å²) in [6, 6.07) is 0. The smallest absolute Gasteiger partial charge is 0.265 e. The van der Waals surface area contributed by atoms with Gasteiger partial charge in [-0.1, -0.05) is 12.2 Å². The van der Waals surface area contributed by atoms with Crippen molar-refractivity contribution in [2.75, 3.05) is 0 Å². The molecule has 0 aromatic carbocycles. The Morgan fingerprint density at radius 3 is 1.16 bits per heavy atom. The lowest BCUT2D eigenvalue weighted by molar-refractivity contribution is -0.352. The van der Waals surface area contributed by atoms with E-state index in [2.05, 4.69) is 0 Å². The highest BCUT2D eigenvalue weighted by molar-refractivity contribution is 6.02. The Hall–Kier alpha value is -2.56. The second-order valence-electron chi connectivity index (χ2n) is 5.60. The van der Waals surface area contributed by atoms with Gasteiger partial charge in [0.2, 0.25) is 0 Å². The van der Waals surface area contributed by atoms with Crippen LogP contribution in [0.15, 0.2) is 24.6 Å². The Kier molecular flexibility index (Phi) is 6.44. The molecule has 1 aliphatic rings. The van der Waals surface area contributed by atoms with Gasteiger partial charge in [-0.3, -0.25) is 14.6 Å². The average molecular weight is 488 g/mol. The lowest BCUT2D eigenvalue weighted by Gasteiger charge is -2.38. The molecule has 31 heavy (non-hydrogen) atoms. The van der Waals surface area contributed by atoms with E-state index in [9.17, 15) is 71.1 Å². The number of carbonyl (C=O) groups excluding carboxylic acids is 2. The highest BCUT2D eigenvalue weighted by Crippen LogP contribution is 2.50. The van der Waals surface area contributed by atoms with E-state index in [1.807, 2.05) is 0 Å². The van der Waals surface area contributed by atoms with Crippen LogP contribution in [0.3, 0.4) is 0 Å². The number of alkyl halides is 14. The molecule has 0 saturated heterocycles. The maximum atomic E-state index is 13.6. The molecule has 0 unspecified atom stereocenters. The van der Waals surface area contributed by atoms with Crippen molar-refractivity contribution in [1.82, 2.24) is 10.0 Å². The lowest BCUT2D eigenvalue weighted by atomic mass is 10.1. The van der Waals surface area contributed by atoms with Gasteiger partial charge >= 0.3 is 47.9 Å². The molecule has 1 rings (SSSR count). The Morgan fingerprint density at radius 2 is 0.903 bits per heavy atom. The maximum Gasteiger partial charge on any atom is 0.460 e. The number of nitrogens with zero attached hydrogens (tertiary/aromatic N) is 2. The Morgan fingerprint density at radius 1 is 0.613 bits per heavy atom. The van der Waals surface area contributed by atoms with Gasteiger partial charge in [-0.05, 0) is 6.42 Å². The van der Waals surface area contributed by atoms with E-state index in [0.29, 0.717) is 12.2 Å². The maximum absolute atomic E-state index is 13.6. The zero-order valence-electron chi connectivity index (χ0n) is 14.0. The van der Waals surface area contributed by atoms with Crippen LogP contribution < -0.4 is 0 Å². The average Bonchev–Trinajstić information content (AvgIpc) is 2.60. The molecule has 0 aromatic rings. The summed E-state index contributed by atoms with van der Waals surface area (Å²) in [6.45, 7) is 0. The molecule has 0 saturated carbocycles. The molecule has 0 aliphatic carbocycles. The first-order chi connectivity index (χ1) is 13.5. The number of amides is 2. The summed E-state index contributed by atoms with van der Waals surface area (Å²) < 4.78 is 180. The van der Waals surface area contributed by atoms with Crippen LogP contribution in [0, 0.1) is 0 Å². The number of hydrogen-bond donors (Lipinski definition) is 0. The summed E-state index contributed by atoms with van der Waals surface area (Å²) in [7, 11) is 0. The molecule has 178 valence electrons. The number of hydrazine groups is 1. The zero-order chi connectivity index (χ0) is 24.8. The third-order valence-corrected chi connectivity index (χ3v) is 3.44. The zero-order valence-corrected chi connectivity index (χ0v) is 14.0. The molecular weight excluding hydrogens is 482 g/mol. The fraction of sp³-hybridized carbons (Fsp3) is 0.538. The van der Waals surface area contributed by atoms with Crippen LogP contribution >= 0.6 is 0 Å². The second kappa shape index (κ2) is 7.54. The lowest BCUT2D eigenvalue weighted by Crippen LogP contribution is -2.67. The highest BCUT2D eigenvalue weighted by atomic mass is 19.4. The van der Waals surface area contributed by atoms with Crippen molar-refractivity contribution in [2.24, 2.45) is 0 Å². The van der Waals surface area contributed by atoms with Crippen LogP contribution in [0.2, 0.25) is 0 Å². The summed E-state index contributed by atoms with van der Waals surface area (Å²) in [4.78, 5) is 23.3. The fourth-order valence-corrected chi connectivity index (χ4v) is 1.79. The van der Waals surface area contributed by atoms with Gasteiger partial charge in [0, 0.05) is 12.4 Å². The third-order valence-electron chi connectivity index (χ3n) is 3.44. The van der Waals surface area contributed by atoms with Crippen LogP contribution in [0.1, 0.15) is 6.42 Å². The molecule has 4 nitrogen and oxygen atoms in total. The van der Waals surface area contributed by atoms with Crippen molar-refractivity contribution in [3.63, 3.8) is 0 Å². The molecule has 2 amide bonds. The SMILES string of the molecule is O=C(N(C(=O)C(F)(F)C(F)(F)C(F)(F)F)N1C=CCC=C1)C(F)(F)C(F)(F)C(F)(F)F. The summed E-state index contributed by atoms with van der Waals surface area (Å²) in [5.41, 5.74) is 0. The fourth-order valence-electron chi connectivity index (χ4n) is 1.79. The van der Waals surface area contributed by atoms with Crippen molar-refractivity contribution in [2.45, 2.75) is 42.5 Å². The van der Waals surface area contributed by atoms with E-state index in [-0.39, 0.29) is 18.8 Å². The van der Waals surface area contributed by atoms with E-state index in [0.717, 1.165) is 0 Å². The van der Waals surface area contributed by atoms with E-state index in [4.69, 9.17) is 0 Å². The van der Waals surface area contributed by atoms with Crippen LogP contribution in [0.25, 0.3) is 0 Å². The van der Waals surface area contributed by atoms with Crippen LogP contribution in [-0.4, -0.2) is 57.9 Å². The third kappa shape index (κ3) is 4.15. The van der Waals surface area contributed by atoms with Gasteiger partial charge in [0.25, 0.3) is 0 Å². The van der Waals surface area contributed by atoms with Gasteiger partial charge in [0.1, 0.15) is 0 Å². The Balaban J connectivity index is 3.65. The van der Waals surface area contributed by atoms with Crippen molar-refractivity contribution in [3.05, 3.63) is 24.6 Å². The molecule has 1 aliphatic heterocycles. The topological polar surface area (TPSA) is 40.6 Å². The van der Waals surface area contributed by atoms with Gasteiger partial charge in [-0.2, -0.15) is 66.5 Å². The van der Waals surface area contributed by atoms with Crippen molar-refractivity contribution >= 4 is 11.8 Å². The first-order valence-corrected chi connectivity index (χ1v) is 7.20. The number of hydrogen-bond acceptors (Lipinski definition) is 3. The minimum absolute atomic E-state index is 0.111. The largest absolute Gasteiger partial charge is 0.460 e. The quantitative estimate of drug-likeness (QED) is 0.530. The van der Waals surface area contributed by atoms with E-state index < -0.39 is 57.9 Å². The van der Waals surface area contributed by atoms with Gasteiger partial charge in [-0.15, -0.1) is 0 Å². The molecule has 18 heteroatoms. The minimum Gasteiger partial charge on any atom is -0.265 e. The standard InChI is InChI=1S/C13H6F14N2O2/c14-8(15,10(18,19)12(22,23)24)6(30)29(28-4-2-1-3-5-28)7(31)9(16,17)11(20,21)13(25,26)27/h2-5H,1H2. The van der Waals surface area contributed by atoms with Crippen molar-refractivity contribution in [3.8, 4) is 0 Å². The Bertz CT molecular complexity index is 718. The van der Waals surface area contributed by atoms with E-state index in [1.54, 1.807) is 0 Å². The molecule has 0 bridgehead atoms. The molecule has 0 N–H and O–H groups in total. The van der Waals surface area contributed by atoms with Gasteiger partial charge < -0.3 is 0 Å². The monoisotopic (exact) mass is 488 g/mol. The molecule has 0 aromatic heterocycles.